The molecule has 0 bridgehead atoms. The smallest absolute Gasteiger partial charge is 0.338 e. The summed E-state index contributed by atoms with van der Waals surface area (Å²) < 4.78 is 5.00. The number of carbonyl (C=O) groups is 1. The zero-order chi connectivity index (χ0) is 13.8. The molecule has 2 rings (SSSR count). The maximum absolute atomic E-state index is 11.8. The van der Waals surface area contributed by atoms with Crippen LogP contribution in [-0.4, -0.2) is 12.6 Å². The second-order valence-corrected chi connectivity index (χ2v) is 4.43. The Kier molecular flexibility index (Phi) is 3.85. The molecule has 0 amide bonds. The Labute approximate surface area is 113 Å². The second-order valence-electron chi connectivity index (χ2n) is 4.43. The van der Waals surface area contributed by atoms with Crippen molar-refractivity contribution in [3.63, 3.8) is 0 Å². The Balaban J connectivity index is 2.41. The summed E-state index contributed by atoms with van der Waals surface area (Å²) in [5, 5.41) is 0. The Morgan fingerprint density at radius 3 is 2.42 bits per heavy atom. The molecule has 0 aliphatic carbocycles. The number of esters is 1. The highest BCUT2D eigenvalue weighted by Gasteiger charge is 2.09. The van der Waals surface area contributed by atoms with Gasteiger partial charge in [0.2, 0.25) is 0 Å². The molecule has 0 atom stereocenters. The number of ether oxygens (including phenoxy) is 1. The molecule has 0 aromatic heterocycles. The normalized spacial score (nSPS) is 10.2. The summed E-state index contributed by atoms with van der Waals surface area (Å²) in [5.74, 6) is -0.344. The monoisotopic (exact) mass is 255 g/mol. The van der Waals surface area contributed by atoms with E-state index in [1.165, 1.54) is 5.56 Å². The van der Waals surface area contributed by atoms with Crippen molar-refractivity contribution in [3.8, 4) is 11.1 Å². The van der Waals surface area contributed by atoms with Gasteiger partial charge < -0.3 is 10.5 Å². The molecule has 19 heavy (non-hydrogen) atoms. The highest BCUT2D eigenvalue weighted by atomic mass is 16.5. The van der Waals surface area contributed by atoms with Gasteiger partial charge in [0.05, 0.1) is 12.2 Å². The molecule has 2 aromatic carbocycles. The lowest BCUT2D eigenvalue weighted by molar-refractivity contribution is 0.0526. The number of nitrogen functional groups attached to an aromatic ring is 1. The van der Waals surface area contributed by atoms with Crippen molar-refractivity contribution in [3.05, 3.63) is 53.6 Å². The van der Waals surface area contributed by atoms with Gasteiger partial charge in [0, 0.05) is 5.69 Å². The van der Waals surface area contributed by atoms with Crippen LogP contribution in [0.5, 0.6) is 0 Å². The van der Waals surface area contributed by atoms with Crippen LogP contribution in [-0.2, 0) is 4.74 Å². The van der Waals surface area contributed by atoms with Gasteiger partial charge in [0.1, 0.15) is 0 Å². The predicted molar refractivity (Wildman–Crippen MR) is 77.0 cm³/mol. The SMILES string of the molecule is CCOC(=O)c1cc(N)cc(-c2ccc(C)cc2)c1. The van der Waals surface area contributed by atoms with Crippen LogP contribution in [0.4, 0.5) is 5.69 Å². The maximum atomic E-state index is 11.8. The van der Waals surface area contributed by atoms with Crippen LogP contribution in [0.3, 0.4) is 0 Å². The largest absolute Gasteiger partial charge is 0.462 e. The van der Waals surface area contributed by atoms with Gasteiger partial charge in [-0.05, 0) is 43.2 Å². The van der Waals surface area contributed by atoms with Crippen LogP contribution >= 0.6 is 0 Å². The fourth-order valence-electron chi connectivity index (χ4n) is 1.90. The fourth-order valence-corrected chi connectivity index (χ4v) is 1.90. The molecule has 0 saturated carbocycles. The third-order valence-corrected chi connectivity index (χ3v) is 2.85. The lowest BCUT2D eigenvalue weighted by Crippen LogP contribution is -2.05. The van der Waals surface area contributed by atoms with E-state index in [2.05, 4.69) is 0 Å². The average Bonchev–Trinajstić information content (AvgIpc) is 2.39. The van der Waals surface area contributed by atoms with E-state index in [9.17, 15) is 4.79 Å². The zero-order valence-electron chi connectivity index (χ0n) is 11.1. The van der Waals surface area contributed by atoms with Gasteiger partial charge in [-0.3, -0.25) is 0 Å². The molecule has 0 heterocycles. The molecule has 0 saturated heterocycles. The fraction of sp³-hybridized carbons (Fsp3) is 0.188. The standard InChI is InChI=1S/C16H17NO2/c1-3-19-16(18)14-8-13(9-15(17)10-14)12-6-4-11(2)5-7-12/h4-10H,3,17H2,1-2H3. The molecule has 3 heteroatoms. The third kappa shape index (κ3) is 3.13. The first-order valence-electron chi connectivity index (χ1n) is 6.25. The number of benzene rings is 2. The van der Waals surface area contributed by atoms with E-state index in [4.69, 9.17) is 10.5 Å². The van der Waals surface area contributed by atoms with Crippen LogP contribution in [0, 0.1) is 6.92 Å². The van der Waals surface area contributed by atoms with E-state index >= 15 is 0 Å². The minimum absolute atomic E-state index is 0.344. The van der Waals surface area contributed by atoms with Gasteiger partial charge >= 0.3 is 5.97 Å². The van der Waals surface area contributed by atoms with E-state index in [1.54, 1.807) is 19.1 Å². The van der Waals surface area contributed by atoms with Crippen molar-refractivity contribution >= 4 is 11.7 Å². The quantitative estimate of drug-likeness (QED) is 0.675. The molecule has 3 nitrogen and oxygen atoms in total. The summed E-state index contributed by atoms with van der Waals surface area (Å²) in [6.45, 7) is 4.17. The highest BCUT2D eigenvalue weighted by Crippen LogP contribution is 2.24. The molecule has 2 N–H and O–H groups in total. The highest BCUT2D eigenvalue weighted by molar-refractivity contribution is 5.92. The Morgan fingerprint density at radius 1 is 1.11 bits per heavy atom. The van der Waals surface area contributed by atoms with Crippen LogP contribution in [0.25, 0.3) is 11.1 Å². The third-order valence-electron chi connectivity index (χ3n) is 2.85. The first-order valence-corrected chi connectivity index (χ1v) is 6.25. The number of aryl methyl sites for hydroxylation is 1. The first-order chi connectivity index (χ1) is 9.10. The minimum atomic E-state index is -0.344. The van der Waals surface area contributed by atoms with Gasteiger partial charge in [-0.2, -0.15) is 0 Å². The molecule has 0 spiro atoms. The minimum Gasteiger partial charge on any atom is -0.462 e. The lowest BCUT2D eigenvalue weighted by atomic mass is 10.0. The molecule has 0 unspecified atom stereocenters. The van der Waals surface area contributed by atoms with E-state index in [1.807, 2.05) is 37.3 Å². The predicted octanol–water partition coefficient (Wildman–Crippen LogP) is 3.42. The van der Waals surface area contributed by atoms with E-state index in [0.29, 0.717) is 17.9 Å². The summed E-state index contributed by atoms with van der Waals surface area (Å²) >= 11 is 0. The molecule has 2 aromatic rings. The number of carbonyl (C=O) groups excluding carboxylic acids is 1. The number of anilines is 1. The summed E-state index contributed by atoms with van der Waals surface area (Å²) in [7, 11) is 0. The van der Waals surface area contributed by atoms with Crippen LogP contribution in [0.1, 0.15) is 22.8 Å². The topological polar surface area (TPSA) is 52.3 Å². The molecule has 0 aliphatic rings. The summed E-state index contributed by atoms with van der Waals surface area (Å²) in [6.07, 6.45) is 0. The molecule has 98 valence electrons. The van der Waals surface area contributed by atoms with Crippen LogP contribution in [0.2, 0.25) is 0 Å². The second kappa shape index (κ2) is 5.57. The molecular formula is C16H17NO2. The van der Waals surface area contributed by atoms with Crippen molar-refractivity contribution in [1.82, 2.24) is 0 Å². The molecule has 0 radical (unpaired) electrons. The summed E-state index contributed by atoms with van der Waals surface area (Å²) in [6, 6.07) is 13.4. The van der Waals surface area contributed by atoms with Crippen molar-refractivity contribution in [1.29, 1.82) is 0 Å². The Hall–Kier alpha value is -2.29. The number of rotatable bonds is 3. The van der Waals surface area contributed by atoms with E-state index in [-0.39, 0.29) is 5.97 Å². The molecule has 0 fully saturated rings. The number of nitrogens with two attached hydrogens (primary N) is 1. The maximum Gasteiger partial charge on any atom is 0.338 e. The van der Waals surface area contributed by atoms with Crippen LogP contribution < -0.4 is 5.73 Å². The van der Waals surface area contributed by atoms with Crippen molar-refractivity contribution in [2.24, 2.45) is 0 Å². The van der Waals surface area contributed by atoms with E-state index in [0.717, 1.165) is 11.1 Å². The number of hydrogen-bond donors (Lipinski definition) is 1. The average molecular weight is 255 g/mol. The van der Waals surface area contributed by atoms with Gasteiger partial charge in [0.15, 0.2) is 0 Å². The summed E-state index contributed by atoms with van der Waals surface area (Å²) in [5.41, 5.74) is 10.0. The van der Waals surface area contributed by atoms with Crippen molar-refractivity contribution in [2.45, 2.75) is 13.8 Å². The number of hydrogen-bond acceptors (Lipinski definition) is 3. The molecular weight excluding hydrogens is 238 g/mol. The zero-order valence-corrected chi connectivity index (χ0v) is 11.1. The Bertz CT molecular complexity index is 588. The van der Waals surface area contributed by atoms with Gasteiger partial charge in [-0.1, -0.05) is 29.8 Å². The van der Waals surface area contributed by atoms with Crippen molar-refractivity contribution < 1.29 is 9.53 Å². The van der Waals surface area contributed by atoms with Gasteiger partial charge in [-0.25, -0.2) is 4.79 Å². The summed E-state index contributed by atoms with van der Waals surface area (Å²) in [4.78, 5) is 11.8. The van der Waals surface area contributed by atoms with Gasteiger partial charge in [0.25, 0.3) is 0 Å². The Morgan fingerprint density at radius 2 is 1.79 bits per heavy atom. The van der Waals surface area contributed by atoms with E-state index < -0.39 is 0 Å². The van der Waals surface area contributed by atoms with Crippen LogP contribution in [0.15, 0.2) is 42.5 Å². The lowest BCUT2D eigenvalue weighted by Gasteiger charge is -2.08. The first kappa shape index (κ1) is 13.1. The molecule has 0 aliphatic heterocycles. The van der Waals surface area contributed by atoms with Crippen molar-refractivity contribution in [2.75, 3.05) is 12.3 Å². The van der Waals surface area contributed by atoms with Gasteiger partial charge in [-0.15, -0.1) is 0 Å².